The van der Waals surface area contributed by atoms with E-state index in [9.17, 15) is 36.6 Å². The molecule has 27 heavy (non-hydrogen) atoms. The zero-order chi connectivity index (χ0) is 20.3. The second-order valence-electron chi connectivity index (χ2n) is 8.75. The van der Waals surface area contributed by atoms with Gasteiger partial charge in [0, 0.05) is 6.42 Å². The van der Waals surface area contributed by atoms with Gasteiger partial charge in [-0.15, -0.1) is 0 Å². The molecule has 0 saturated heterocycles. The Labute approximate surface area is 154 Å². The van der Waals surface area contributed by atoms with Gasteiger partial charge in [-0.05, 0) is 67.1 Å². The van der Waals surface area contributed by atoms with Crippen LogP contribution in [0.4, 0.5) is 26.3 Å². The van der Waals surface area contributed by atoms with Crippen LogP contribution in [0.5, 0.6) is 0 Å². The van der Waals surface area contributed by atoms with Crippen molar-refractivity contribution in [3.8, 4) is 11.8 Å². The van der Waals surface area contributed by atoms with E-state index in [0.29, 0.717) is 12.8 Å². The minimum Gasteiger partial charge on any atom is -0.393 e. The minimum absolute atomic E-state index is 0.0927. The second-order valence-corrected chi connectivity index (χ2v) is 8.75. The topological polar surface area (TPSA) is 40.5 Å². The third-order valence-corrected chi connectivity index (χ3v) is 7.25. The van der Waals surface area contributed by atoms with E-state index in [2.05, 4.69) is 6.92 Å². The minimum atomic E-state index is -5.91. The molecule has 2 unspecified atom stereocenters. The number of hydrogen-bond donors (Lipinski definition) is 2. The first-order valence-corrected chi connectivity index (χ1v) is 9.31. The first kappa shape index (κ1) is 20.8. The lowest BCUT2D eigenvalue weighted by molar-refractivity contribution is -0.343. The molecule has 4 atom stereocenters. The molecule has 0 aromatic carbocycles. The van der Waals surface area contributed by atoms with Gasteiger partial charge in [-0.25, -0.2) is 0 Å². The van der Waals surface area contributed by atoms with Gasteiger partial charge in [0.15, 0.2) is 0 Å². The molecule has 3 aliphatic rings. The summed E-state index contributed by atoms with van der Waals surface area (Å²) < 4.78 is 76.6. The summed E-state index contributed by atoms with van der Waals surface area (Å²) >= 11 is 0. The third kappa shape index (κ3) is 3.25. The number of aliphatic hydroxyl groups is 2. The summed E-state index contributed by atoms with van der Waals surface area (Å²) in [5.41, 5.74) is -5.55. The average molecular weight is 398 g/mol. The Hall–Kier alpha value is -0.940. The van der Waals surface area contributed by atoms with Crippen molar-refractivity contribution in [3.05, 3.63) is 0 Å². The van der Waals surface area contributed by atoms with Gasteiger partial charge in [-0.3, -0.25) is 0 Å². The summed E-state index contributed by atoms with van der Waals surface area (Å²) in [6.45, 7) is 2.09. The summed E-state index contributed by atoms with van der Waals surface area (Å²) in [5, 5.41) is 19.5. The van der Waals surface area contributed by atoms with E-state index in [0.717, 1.165) is 38.0 Å². The van der Waals surface area contributed by atoms with Crippen LogP contribution in [-0.4, -0.2) is 34.3 Å². The Morgan fingerprint density at radius 3 is 2.07 bits per heavy atom. The standard InChI is InChI=1S/C19H24F6O2/c1-15-7-2-4-13(26)12(15)5-6-14(15)16(10-11-16)8-3-9-17(27,18(20,21)22)19(23,24)25/h12-14,26-27H,2,4-8,10-11H2,1H3/t12?,13?,14-,15-/m0/s1. The number of hydrogen-bond acceptors (Lipinski definition) is 2. The number of rotatable bonds is 2. The molecular weight excluding hydrogens is 374 g/mol. The molecule has 3 saturated carbocycles. The van der Waals surface area contributed by atoms with Crippen LogP contribution in [0.3, 0.4) is 0 Å². The Morgan fingerprint density at radius 1 is 0.963 bits per heavy atom. The number of alkyl halides is 6. The van der Waals surface area contributed by atoms with E-state index < -0.39 is 29.5 Å². The van der Waals surface area contributed by atoms with Gasteiger partial charge in [0.25, 0.3) is 0 Å². The number of aliphatic hydroxyl groups excluding tert-OH is 1. The van der Waals surface area contributed by atoms with Gasteiger partial charge < -0.3 is 10.2 Å². The summed E-state index contributed by atoms with van der Waals surface area (Å²) in [5.74, 6) is 3.39. The third-order valence-electron chi connectivity index (χ3n) is 7.25. The zero-order valence-corrected chi connectivity index (χ0v) is 15.1. The largest absolute Gasteiger partial charge is 0.438 e. The van der Waals surface area contributed by atoms with E-state index in [-0.39, 0.29) is 23.7 Å². The van der Waals surface area contributed by atoms with Crippen LogP contribution >= 0.6 is 0 Å². The van der Waals surface area contributed by atoms with Crippen LogP contribution in [0.25, 0.3) is 0 Å². The highest BCUT2D eigenvalue weighted by molar-refractivity contribution is 5.24. The van der Waals surface area contributed by atoms with E-state index >= 15 is 0 Å². The molecule has 0 amide bonds. The molecule has 0 radical (unpaired) electrons. The highest BCUT2D eigenvalue weighted by Crippen LogP contribution is 2.68. The molecule has 2 nitrogen and oxygen atoms in total. The summed E-state index contributed by atoms with van der Waals surface area (Å²) in [7, 11) is 0. The fraction of sp³-hybridized carbons (Fsp3) is 0.895. The van der Waals surface area contributed by atoms with Crippen LogP contribution in [0.1, 0.15) is 58.3 Å². The van der Waals surface area contributed by atoms with Crippen LogP contribution in [-0.2, 0) is 0 Å². The number of fused-ring (bicyclic) bond motifs is 1. The number of halogens is 6. The first-order chi connectivity index (χ1) is 12.3. The van der Waals surface area contributed by atoms with Crippen molar-refractivity contribution in [2.24, 2.45) is 22.7 Å². The van der Waals surface area contributed by atoms with Crippen molar-refractivity contribution < 1.29 is 36.6 Å². The maximum atomic E-state index is 12.8. The zero-order valence-electron chi connectivity index (χ0n) is 15.1. The fourth-order valence-electron chi connectivity index (χ4n) is 5.61. The molecule has 2 N–H and O–H groups in total. The van der Waals surface area contributed by atoms with Crippen LogP contribution in [0.2, 0.25) is 0 Å². The molecule has 0 aromatic heterocycles. The monoisotopic (exact) mass is 398 g/mol. The van der Waals surface area contributed by atoms with E-state index in [1.807, 2.05) is 5.92 Å². The van der Waals surface area contributed by atoms with Crippen molar-refractivity contribution in [2.45, 2.75) is 82.3 Å². The molecule has 0 bridgehead atoms. The SMILES string of the molecule is C[C@]12CCCC(O)C1CC[C@@H]2C1(CC#CC(O)(C(F)(F)F)C(F)(F)F)CC1. The maximum absolute atomic E-state index is 12.8. The average Bonchev–Trinajstić information content (AvgIpc) is 3.19. The smallest absolute Gasteiger partial charge is 0.393 e. The first-order valence-electron chi connectivity index (χ1n) is 9.31. The normalized spacial score (nSPS) is 36.0. The Bertz CT molecular complexity index is 625. The van der Waals surface area contributed by atoms with E-state index in [1.165, 1.54) is 0 Å². The Kier molecular flexibility index (Phi) is 4.84. The lowest BCUT2D eigenvalue weighted by Crippen LogP contribution is -2.55. The molecule has 3 fully saturated rings. The van der Waals surface area contributed by atoms with Gasteiger partial charge in [0.1, 0.15) is 0 Å². The Balaban J connectivity index is 1.80. The summed E-state index contributed by atoms with van der Waals surface area (Å²) in [6.07, 6.45) is -6.74. The van der Waals surface area contributed by atoms with Gasteiger partial charge in [0.2, 0.25) is 0 Å². The maximum Gasteiger partial charge on any atom is 0.438 e. The van der Waals surface area contributed by atoms with E-state index in [4.69, 9.17) is 0 Å². The van der Waals surface area contributed by atoms with Gasteiger partial charge in [-0.1, -0.05) is 19.3 Å². The molecule has 0 heterocycles. The quantitative estimate of drug-likeness (QED) is 0.528. The second kappa shape index (κ2) is 6.28. The summed E-state index contributed by atoms with van der Waals surface area (Å²) in [4.78, 5) is 0. The van der Waals surface area contributed by atoms with Crippen molar-refractivity contribution in [1.29, 1.82) is 0 Å². The van der Waals surface area contributed by atoms with Gasteiger partial charge in [-0.2, -0.15) is 26.3 Å². The van der Waals surface area contributed by atoms with Crippen molar-refractivity contribution in [1.82, 2.24) is 0 Å². The molecule has 0 aliphatic heterocycles. The van der Waals surface area contributed by atoms with Crippen molar-refractivity contribution >= 4 is 0 Å². The molecule has 0 spiro atoms. The van der Waals surface area contributed by atoms with Crippen molar-refractivity contribution in [2.75, 3.05) is 0 Å². The predicted octanol–water partition coefficient (Wildman–Crippen LogP) is 4.59. The van der Waals surface area contributed by atoms with Crippen LogP contribution < -0.4 is 0 Å². The molecule has 3 aliphatic carbocycles. The lowest BCUT2D eigenvalue weighted by atomic mass is 9.60. The predicted molar refractivity (Wildman–Crippen MR) is 85.3 cm³/mol. The summed E-state index contributed by atoms with van der Waals surface area (Å²) in [6, 6.07) is 0. The lowest BCUT2D eigenvalue weighted by Gasteiger charge is -2.46. The van der Waals surface area contributed by atoms with Gasteiger partial charge in [0.05, 0.1) is 6.10 Å². The van der Waals surface area contributed by atoms with Gasteiger partial charge >= 0.3 is 18.0 Å². The molecule has 3 rings (SSSR count). The fourth-order valence-corrected chi connectivity index (χ4v) is 5.61. The van der Waals surface area contributed by atoms with Crippen molar-refractivity contribution in [3.63, 3.8) is 0 Å². The molecule has 0 aromatic rings. The van der Waals surface area contributed by atoms with E-state index in [1.54, 1.807) is 0 Å². The highest BCUT2D eigenvalue weighted by Gasteiger charge is 2.70. The highest BCUT2D eigenvalue weighted by atomic mass is 19.4. The molecule has 154 valence electrons. The van der Waals surface area contributed by atoms with Crippen LogP contribution in [0.15, 0.2) is 0 Å². The van der Waals surface area contributed by atoms with Crippen LogP contribution in [0, 0.1) is 34.5 Å². The molecular formula is C19H24F6O2. The molecule has 8 heteroatoms. The Morgan fingerprint density at radius 2 is 1.56 bits per heavy atom.